The molecule has 0 saturated heterocycles. The number of rotatable bonds is 12. The van der Waals surface area contributed by atoms with E-state index in [-0.39, 0.29) is 39.5 Å². The summed E-state index contributed by atoms with van der Waals surface area (Å²) in [6.45, 7) is 12.5. The second-order valence-electron chi connectivity index (χ2n) is 5.41. The topological polar surface area (TPSA) is 145 Å². The smallest absolute Gasteiger partial charge is 0.336 e. The number of carbonyl (C=O) groups excluding carboxylic acids is 3. The normalized spacial score (nSPS) is 9.18. The van der Waals surface area contributed by atoms with Gasteiger partial charge in [0.05, 0.1) is 26.2 Å². The van der Waals surface area contributed by atoms with Gasteiger partial charge in [-0.1, -0.05) is 33.6 Å². The second-order valence-corrected chi connectivity index (χ2v) is 5.41. The summed E-state index contributed by atoms with van der Waals surface area (Å²) in [5, 5.41) is 0. The van der Waals surface area contributed by atoms with Gasteiger partial charge in [0.2, 0.25) is 0 Å². The number of hydrogen-bond donors (Lipinski definition) is 0. The van der Waals surface area contributed by atoms with Crippen LogP contribution < -0.4 is 17.1 Å². The first-order chi connectivity index (χ1) is 15.8. The molecule has 0 aliphatic heterocycles. The lowest BCUT2D eigenvalue weighted by atomic mass is 10.5. The molecule has 0 saturated carbocycles. The van der Waals surface area contributed by atoms with Crippen LogP contribution in [0.4, 0.5) is 0 Å². The van der Waals surface area contributed by atoms with Gasteiger partial charge in [0.1, 0.15) is 19.5 Å². The van der Waals surface area contributed by atoms with E-state index in [0.29, 0.717) is 6.29 Å². The number of carbonyl (C=O) groups is 3. The van der Waals surface area contributed by atoms with Crippen molar-refractivity contribution in [1.29, 1.82) is 0 Å². The Balaban J connectivity index is 0. The zero-order chi connectivity index (χ0) is 25.8. The minimum atomic E-state index is -0.914. The summed E-state index contributed by atoms with van der Waals surface area (Å²) in [5.41, 5.74) is -2.64. The molecule has 12 nitrogen and oxygen atoms in total. The molecular weight excluding hydrogens is 438 g/mol. The van der Waals surface area contributed by atoms with E-state index in [1.165, 1.54) is 13.2 Å². The summed E-state index contributed by atoms with van der Waals surface area (Å²) < 4.78 is 16.7. The van der Waals surface area contributed by atoms with Crippen LogP contribution in [0, 0.1) is 0 Å². The lowest BCUT2D eigenvalue weighted by Crippen LogP contribution is -2.55. The van der Waals surface area contributed by atoms with Crippen LogP contribution in [0.5, 0.6) is 0 Å². The fraction of sp³-hybridized carbons (Fsp3) is 0.429. The molecule has 0 aromatic carbocycles. The van der Waals surface area contributed by atoms with E-state index >= 15 is 0 Å². The Morgan fingerprint density at radius 2 is 1.06 bits per heavy atom. The van der Waals surface area contributed by atoms with Gasteiger partial charge in [-0.25, -0.2) is 37.7 Å². The summed E-state index contributed by atoms with van der Waals surface area (Å²) >= 11 is 0. The van der Waals surface area contributed by atoms with Gasteiger partial charge >= 0.3 is 29.0 Å². The number of allylic oxidation sites excluding steroid dienone is 1. The van der Waals surface area contributed by atoms with Gasteiger partial charge in [-0.15, -0.1) is 0 Å². The highest BCUT2D eigenvalue weighted by molar-refractivity contribution is 5.81. The Morgan fingerprint density at radius 3 is 1.30 bits per heavy atom. The molecule has 0 aliphatic carbocycles. The predicted octanol–water partition coefficient (Wildman–Crippen LogP) is -0.326. The number of nitrogens with zero attached hydrogens (tertiary/aromatic N) is 3. The lowest BCUT2D eigenvalue weighted by Gasteiger charge is -2.13. The maximum atomic E-state index is 12.5. The van der Waals surface area contributed by atoms with E-state index in [0.717, 1.165) is 25.9 Å². The van der Waals surface area contributed by atoms with E-state index in [1.807, 2.05) is 13.8 Å². The molecule has 0 unspecified atom stereocenters. The molecule has 1 rings (SSSR count). The third-order valence-electron chi connectivity index (χ3n) is 3.45. The van der Waals surface area contributed by atoms with Crippen LogP contribution in [0.3, 0.4) is 0 Å². The van der Waals surface area contributed by atoms with Crippen LogP contribution in [-0.4, -0.2) is 58.9 Å². The minimum Gasteiger partial charge on any atom is -0.461 e. The summed E-state index contributed by atoms with van der Waals surface area (Å²) in [6.07, 6.45) is 3.71. The standard InChI is InChI=1S/C16H21N3O8.C3H4O.C2H6/c1-4-12(20)26-10-7-18-14(22)17(6-9-25-3)15(23)19(16(18)24)8-11-27-13(21)5-2;1-2-3-4;1-2/h4-5H,1-2,6-11H2,3H3;2-3H,1H2;1-2H3. The molecule has 0 radical (unpaired) electrons. The first kappa shape index (κ1) is 31.4. The molecule has 0 fully saturated rings. The Hall–Kier alpha value is -3.80. The third kappa shape index (κ3) is 11.4. The van der Waals surface area contributed by atoms with Gasteiger partial charge in [0, 0.05) is 19.3 Å². The van der Waals surface area contributed by atoms with Crippen LogP contribution in [0.1, 0.15) is 13.8 Å². The molecule has 0 aliphatic rings. The van der Waals surface area contributed by atoms with Gasteiger partial charge in [0.25, 0.3) is 0 Å². The summed E-state index contributed by atoms with van der Waals surface area (Å²) in [4.78, 5) is 68.6. The minimum absolute atomic E-state index is 0.0598. The lowest BCUT2D eigenvalue weighted by molar-refractivity contribution is -0.138. The van der Waals surface area contributed by atoms with Crippen molar-refractivity contribution in [3.8, 4) is 0 Å². The first-order valence-corrected chi connectivity index (χ1v) is 9.86. The second kappa shape index (κ2) is 18.9. The van der Waals surface area contributed by atoms with Crippen molar-refractivity contribution in [1.82, 2.24) is 13.7 Å². The predicted molar refractivity (Wildman–Crippen MR) is 121 cm³/mol. The van der Waals surface area contributed by atoms with Gasteiger partial charge in [-0.05, 0) is 6.08 Å². The summed E-state index contributed by atoms with van der Waals surface area (Å²) in [6, 6.07) is 0. The van der Waals surface area contributed by atoms with Gasteiger partial charge in [-0.2, -0.15) is 0 Å². The number of aldehydes is 1. The van der Waals surface area contributed by atoms with E-state index in [2.05, 4.69) is 19.7 Å². The van der Waals surface area contributed by atoms with Crippen LogP contribution in [-0.2, 0) is 48.2 Å². The highest BCUT2D eigenvalue weighted by atomic mass is 16.5. The molecule has 0 spiro atoms. The maximum absolute atomic E-state index is 12.5. The van der Waals surface area contributed by atoms with Crippen LogP contribution in [0.25, 0.3) is 0 Å². The zero-order valence-corrected chi connectivity index (χ0v) is 19.2. The Morgan fingerprint density at radius 1 is 0.758 bits per heavy atom. The zero-order valence-electron chi connectivity index (χ0n) is 19.2. The molecule has 33 heavy (non-hydrogen) atoms. The van der Waals surface area contributed by atoms with Crippen molar-refractivity contribution in [2.45, 2.75) is 33.5 Å². The number of esters is 2. The van der Waals surface area contributed by atoms with Crippen molar-refractivity contribution in [2.75, 3.05) is 26.9 Å². The molecule has 1 heterocycles. The molecule has 1 aromatic heterocycles. The molecule has 12 heteroatoms. The van der Waals surface area contributed by atoms with E-state index < -0.39 is 29.0 Å². The molecule has 0 bridgehead atoms. The van der Waals surface area contributed by atoms with E-state index in [9.17, 15) is 24.0 Å². The number of hydrogen-bond acceptors (Lipinski definition) is 9. The SMILES string of the molecule is C=CC(=O)OCCn1c(=O)n(CCOC)c(=O)n(CCOC(=O)C=C)c1=O.C=CC=O.CC. The van der Waals surface area contributed by atoms with Crippen molar-refractivity contribution >= 4 is 18.2 Å². The Bertz CT molecular complexity index is 900. The van der Waals surface area contributed by atoms with Crippen molar-refractivity contribution < 1.29 is 28.6 Å². The molecule has 1 aromatic rings. The quantitative estimate of drug-likeness (QED) is 0.228. The average Bonchev–Trinajstić information content (AvgIpc) is 2.84. The van der Waals surface area contributed by atoms with E-state index in [4.69, 9.17) is 19.0 Å². The summed E-state index contributed by atoms with van der Waals surface area (Å²) in [7, 11) is 1.39. The first-order valence-electron chi connectivity index (χ1n) is 9.86. The number of methoxy groups -OCH3 is 1. The van der Waals surface area contributed by atoms with Crippen molar-refractivity contribution in [3.05, 3.63) is 69.4 Å². The average molecular weight is 469 g/mol. The van der Waals surface area contributed by atoms with Crippen molar-refractivity contribution in [3.63, 3.8) is 0 Å². The molecular formula is C21H31N3O9. The Kier molecular flexibility index (Phi) is 18.0. The number of aromatic nitrogens is 3. The van der Waals surface area contributed by atoms with Crippen molar-refractivity contribution in [2.24, 2.45) is 0 Å². The van der Waals surface area contributed by atoms with Gasteiger partial charge in [-0.3, -0.25) is 4.79 Å². The number of ether oxygens (including phenoxy) is 3. The molecule has 0 N–H and O–H groups in total. The van der Waals surface area contributed by atoms with Crippen LogP contribution in [0.2, 0.25) is 0 Å². The van der Waals surface area contributed by atoms with Crippen LogP contribution in [0.15, 0.2) is 52.3 Å². The van der Waals surface area contributed by atoms with Gasteiger partial charge < -0.3 is 14.2 Å². The van der Waals surface area contributed by atoms with Crippen LogP contribution >= 0.6 is 0 Å². The van der Waals surface area contributed by atoms with Gasteiger partial charge in [0.15, 0.2) is 0 Å². The third-order valence-corrected chi connectivity index (χ3v) is 3.45. The summed E-state index contributed by atoms with van der Waals surface area (Å²) in [5.74, 6) is -1.43. The maximum Gasteiger partial charge on any atom is 0.336 e. The molecule has 0 amide bonds. The fourth-order valence-corrected chi connectivity index (χ4v) is 2.03. The monoisotopic (exact) mass is 469 g/mol. The fourth-order valence-electron chi connectivity index (χ4n) is 2.03. The highest BCUT2D eigenvalue weighted by Crippen LogP contribution is 1.85. The van der Waals surface area contributed by atoms with E-state index in [1.54, 1.807) is 0 Å². The Labute approximate surface area is 191 Å². The highest BCUT2D eigenvalue weighted by Gasteiger charge is 2.16. The largest absolute Gasteiger partial charge is 0.461 e. The molecule has 0 atom stereocenters. The molecule has 184 valence electrons.